The summed E-state index contributed by atoms with van der Waals surface area (Å²) in [4.78, 5) is 25.4. The molecular formula is C26H35N5O2S. The number of rotatable bonds is 9. The first-order chi connectivity index (χ1) is 16.7. The van der Waals surface area contributed by atoms with Crippen molar-refractivity contribution in [3.63, 3.8) is 0 Å². The molecule has 2 atom stereocenters. The van der Waals surface area contributed by atoms with E-state index in [1.165, 1.54) is 42.2 Å². The number of aromatic nitrogens is 2. The van der Waals surface area contributed by atoms with Crippen LogP contribution in [0.4, 0.5) is 5.13 Å². The number of nitrogens with one attached hydrogen (secondary N) is 3. The highest BCUT2D eigenvalue weighted by atomic mass is 32.1. The highest BCUT2D eigenvalue weighted by Gasteiger charge is 2.23. The van der Waals surface area contributed by atoms with Crippen molar-refractivity contribution >= 4 is 28.3 Å². The fourth-order valence-electron chi connectivity index (χ4n) is 4.69. The molecule has 0 radical (unpaired) electrons. The maximum atomic E-state index is 12.8. The van der Waals surface area contributed by atoms with Gasteiger partial charge in [-0.05, 0) is 50.6 Å². The Kier molecular flexibility index (Phi) is 9.21. The second-order valence-electron chi connectivity index (χ2n) is 9.27. The summed E-state index contributed by atoms with van der Waals surface area (Å²) in [7, 11) is 0. The Morgan fingerprint density at radius 3 is 2.62 bits per heavy atom. The lowest BCUT2D eigenvalue weighted by atomic mass is 9.90. The Hall–Kier alpha value is -2.58. The summed E-state index contributed by atoms with van der Waals surface area (Å²) in [5, 5.41) is 19.3. The van der Waals surface area contributed by atoms with Crippen LogP contribution >= 0.6 is 11.3 Å². The maximum Gasteiger partial charge on any atom is 0.249 e. The Bertz CT molecular complexity index is 949. The monoisotopic (exact) mass is 481 g/mol. The van der Waals surface area contributed by atoms with Crippen molar-refractivity contribution in [2.24, 2.45) is 0 Å². The van der Waals surface area contributed by atoms with Crippen LogP contribution in [0.15, 0.2) is 42.5 Å². The van der Waals surface area contributed by atoms with Crippen LogP contribution in [0.1, 0.15) is 74.3 Å². The molecule has 4 rings (SSSR count). The van der Waals surface area contributed by atoms with Crippen LogP contribution in [0.25, 0.3) is 0 Å². The zero-order valence-corrected chi connectivity index (χ0v) is 20.5. The van der Waals surface area contributed by atoms with Gasteiger partial charge in [-0.1, -0.05) is 73.4 Å². The molecule has 0 spiro atoms. The van der Waals surface area contributed by atoms with Gasteiger partial charge < -0.3 is 10.6 Å². The van der Waals surface area contributed by atoms with Gasteiger partial charge in [0, 0.05) is 18.0 Å². The van der Waals surface area contributed by atoms with Crippen LogP contribution < -0.4 is 16.0 Å². The number of hydrogen-bond donors (Lipinski definition) is 3. The number of piperidine rings is 1. The second kappa shape index (κ2) is 12.8. The van der Waals surface area contributed by atoms with E-state index in [0.717, 1.165) is 56.5 Å². The minimum atomic E-state index is -0.249. The normalized spacial score (nSPS) is 20.2. The van der Waals surface area contributed by atoms with E-state index in [0.29, 0.717) is 11.0 Å². The molecule has 1 saturated heterocycles. The largest absolute Gasteiger partial charge is 0.349 e. The Balaban J connectivity index is 1.34. The SMILES string of the molecule is O=C(C=C[C@H](CCc1ccccc1)NC(=O)[C@@H]1CCCCN1)Nc1nnc(C2CCCCC2)s1. The number of anilines is 1. The van der Waals surface area contributed by atoms with E-state index in [1.54, 1.807) is 6.08 Å². The fraction of sp³-hybridized carbons (Fsp3) is 0.538. The van der Waals surface area contributed by atoms with Gasteiger partial charge in [0.15, 0.2) is 0 Å². The summed E-state index contributed by atoms with van der Waals surface area (Å²) in [5.41, 5.74) is 1.21. The molecule has 34 heavy (non-hydrogen) atoms. The Labute approximate surface area is 205 Å². The predicted octanol–water partition coefficient (Wildman–Crippen LogP) is 4.34. The van der Waals surface area contributed by atoms with Gasteiger partial charge in [-0.2, -0.15) is 0 Å². The minimum Gasteiger partial charge on any atom is -0.349 e. The van der Waals surface area contributed by atoms with E-state index in [1.807, 2.05) is 18.2 Å². The zero-order valence-electron chi connectivity index (χ0n) is 19.7. The lowest BCUT2D eigenvalue weighted by molar-refractivity contribution is -0.124. The summed E-state index contributed by atoms with van der Waals surface area (Å²) in [6.07, 6.45) is 13.9. The Morgan fingerprint density at radius 1 is 1.06 bits per heavy atom. The van der Waals surface area contributed by atoms with E-state index in [4.69, 9.17) is 0 Å². The van der Waals surface area contributed by atoms with Gasteiger partial charge in [0.25, 0.3) is 0 Å². The molecule has 1 saturated carbocycles. The molecule has 182 valence electrons. The lowest BCUT2D eigenvalue weighted by Gasteiger charge is -2.25. The molecule has 8 heteroatoms. The smallest absolute Gasteiger partial charge is 0.249 e. The molecule has 2 heterocycles. The van der Waals surface area contributed by atoms with Crippen LogP contribution in [-0.4, -0.2) is 40.6 Å². The Morgan fingerprint density at radius 2 is 1.85 bits per heavy atom. The molecule has 0 bridgehead atoms. The first-order valence-electron chi connectivity index (χ1n) is 12.6. The number of benzene rings is 1. The van der Waals surface area contributed by atoms with Gasteiger partial charge in [0.2, 0.25) is 16.9 Å². The summed E-state index contributed by atoms with van der Waals surface area (Å²) in [5.74, 6) is 0.226. The van der Waals surface area contributed by atoms with Crippen molar-refractivity contribution in [2.45, 2.75) is 82.2 Å². The maximum absolute atomic E-state index is 12.8. The van der Waals surface area contributed by atoms with Crippen LogP contribution in [0, 0.1) is 0 Å². The van der Waals surface area contributed by atoms with Gasteiger partial charge >= 0.3 is 0 Å². The molecular weight excluding hydrogens is 446 g/mol. The molecule has 1 aliphatic heterocycles. The summed E-state index contributed by atoms with van der Waals surface area (Å²) < 4.78 is 0. The third-order valence-corrected chi connectivity index (χ3v) is 7.65. The number of carbonyl (C=O) groups excluding carboxylic acids is 2. The topological polar surface area (TPSA) is 96.0 Å². The predicted molar refractivity (Wildman–Crippen MR) is 136 cm³/mol. The van der Waals surface area contributed by atoms with Crippen LogP contribution in [-0.2, 0) is 16.0 Å². The van der Waals surface area contributed by atoms with Gasteiger partial charge in [-0.15, -0.1) is 10.2 Å². The number of nitrogens with zero attached hydrogens (tertiary/aromatic N) is 2. The number of amides is 2. The molecule has 7 nitrogen and oxygen atoms in total. The number of hydrogen-bond acceptors (Lipinski definition) is 6. The minimum absolute atomic E-state index is 0.00377. The molecule has 2 aliphatic rings. The van der Waals surface area contributed by atoms with E-state index in [9.17, 15) is 9.59 Å². The summed E-state index contributed by atoms with van der Waals surface area (Å²) in [6, 6.07) is 9.80. The van der Waals surface area contributed by atoms with Gasteiger partial charge in [0.05, 0.1) is 6.04 Å². The first-order valence-corrected chi connectivity index (χ1v) is 13.4. The zero-order chi connectivity index (χ0) is 23.6. The van der Waals surface area contributed by atoms with Crippen molar-refractivity contribution < 1.29 is 9.59 Å². The van der Waals surface area contributed by atoms with Gasteiger partial charge in [-0.3, -0.25) is 14.9 Å². The fourth-order valence-corrected chi connectivity index (χ4v) is 5.61. The molecule has 3 N–H and O–H groups in total. The van der Waals surface area contributed by atoms with Crippen molar-refractivity contribution in [3.8, 4) is 0 Å². The van der Waals surface area contributed by atoms with Crippen molar-refractivity contribution in [1.82, 2.24) is 20.8 Å². The van der Waals surface area contributed by atoms with Crippen molar-refractivity contribution in [2.75, 3.05) is 11.9 Å². The third-order valence-electron chi connectivity index (χ3n) is 6.65. The second-order valence-corrected chi connectivity index (χ2v) is 10.3. The van der Waals surface area contributed by atoms with Crippen LogP contribution in [0.2, 0.25) is 0 Å². The van der Waals surface area contributed by atoms with Crippen molar-refractivity contribution in [1.29, 1.82) is 0 Å². The highest BCUT2D eigenvalue weighted by Crippen LogP contribution is 2.35. The molecule has 1 aromatic heterocycles. The highest BCUT2D eigenvalue weighted by molar-refractivity contribution is 7.15. The van der Waals surface area contributed by atoms with E-state index >= 15 is 0 Å². The molecule has 2 amide bonds. The van der Waals surface area contributed by atoms with E-state index in [2.05, 4.69) is 38.3 Å². The molecule has 1 aromatic carbocycles. The molecule has 0 unspecified atom stereocenters. The summed E-state index contributed by atoms with van der Waals surface area (Å²) in [6.45, 7) is 0.871. The van der Waals surface area contributed by atoms with Gasteiger partial charge in [-0.25, -0.2) is 0 Å². The standard InChI is InChI=1S/C26H35N5O2S/c32-23(29-26-31-30-25(34-26)20-11-5-2-6-12-20)17-16-21(15-14-19-9-3-1-4-10-19)28-24(33)22-13-7-8-18-27-22/h1,3-4,9-10,16-17,20-22,27H,2,5-8,11-15,18H2,(H,28,33)(H,29,31,32)/t21-,22-/m0/s1. The van der Waals surface area contributed by atoms with Crippen LogP contribution in [0.5, 0.6) is 0 Å². The molecule has 1 aliphatic carbocycles. The quantitative estimate of drug-likeness (QED) is 0.463. The average Bonchev–Trinajstić information content (AvgIpc) is 3.35. The molecule has 2 fully saturated rings. The van der Waals surface area contributed by atoms with Gasteiger partial charge in [0.1, 0.15) is 5.01 Å². The van der Waals surface area contributed by atoms with E-state index < -0.39 is 0 Å². The molecule has 2 aromatic rings. The van der Waals surface area contributed by atoms with Crippen molar-refractivity contribution in [3.05, 3.63) is 53.1 Å². The lowest BCUT2D eigenvalue weighted by Crippen LogP contribution is -2.49. The first kappa shape index (κ1) is 24.5. The number of carbonyl (C=O) groups is 2. The number of aryl methyl sites for hydroxylation is 1. The van der Waals surface area contributed by atoms with Crippen LogP contribution in [0.3, 0.4) is 0 Å². The third kappa shape index (κ3) is 7.46. The average molecular weight is 482 g/mol. The van der Waals surface area contributed by atoms with E-state index in [-0.39, 0.29) is 23.9 Å². The summed E-state index contributed by atoms with van der Waals surface area (Å²) >= 11 is 1.47.